The summed E-state index contributed by atoms with van der Waals surface area (Å²) < 4.78 is 24.3. The van der Waals surface area contributed by atoms with Crippen molar-refractivity contribution >= 4 is 9.84 Å². The van der Waals surface area contributed by atoms with E-state index in [1.807, 2.05) is 23.1 Å². The molecule has 0 N–H and O–H groups in total. The first-order valence-corrected chi connectivity index (χ1v) is 11.7. The lowest BCUT2D eigenvalue weighted by molar-refractivity contribution is 0.139. The van der Waals surface area contributed by atoms with Gasteiger partial charge in [-0.25, -0.2) is 8.42 Å². The van der Waals surface area contributed by atoms with Gasteiger partial charge in [-0.2, -0.15) is 5.26 Å². The third-order valence-corrected chi connectivity index (χ3v) is 7.84. The predicted octanol–water partition coefficient (Wildman–Crippen LogP) is 3.97. The van der Waals surface area contributed by atoms with Crippen molar-refractivity contribution in [1.29, 1.82) is 5.26 Å². The Hall–Kier alpha value is -2.62. The number of nitrogens with zero attached hydrogens (tertiary/aromatic N) is 3. The van der Waals surface area contributed by atoms with Crippen molar-refractivity contribution in [1.82, 2.24) is 9.80 Å². The van der Waals surface area contributed by atoms with Gasteiger partial charge in [0.2, 0.25) is 0 Å². The zero-order chi connectivity index (χ0) is 21.8. The number of piperazine rings is 1. The molecular formula is C24H29N3O2S. The number of benzene rings is 2. The van der Waals surface area contributed by atoms with E-state index in [2.05, 4.69) is 53.4 Å². The summed E-state index contributed by atoms with van der Waals surface area (Å²) in [6.07, 6.45) is 1.53. The van der Waals surface area contributed by atoms with Crippen molar-refractivity contribution in [2.24, 2.45) is 0 Å². The molecule has 30 heavy (non-hydrogen) atoms. The fraction of sp³-hybridized carbons (Fsp3) is 0.375. The van der Waals surface area contributed by atoms with E-state index in [0.717, 1.165) is 13.1 Å². The Morgan fingerprint density at radius 1 is 0.933 bits per heavy atom. The largest absolute Gasteiger partial charge is 0.373 e. The van der Waals surface area contributed by atoms with Crippen molar-refractivity contribution < 1.29 is 8.42 Å². The zero-order valence-corrected chi connectivity index (χ0v) is 18.6. The monoisotopic (exact) mass is 423 g/mol. The van der Waals surface area contributed by atoms with Gasteiger partial charge in [0, 0.05) is 32.4 Å². The topological polar surface area (TPSA) is 64.4 Å². The fourth-order valence-corrected chi connectivity index (χ4v) is 4.73. The van der Waals surface area contributed by atoms with Gasteiger partial charge in [-0.05, 0) is 31.9 Å². The minimum Gasteiger partial charge on any atom is -0.373 e. The van der Waals surface area contributed by atoms with Crippen LogP contribution in [0.4, 0.5) is 0 Å². The standard InChI is InChI=1S/C24H29N3O2S/c1-24(2,3)30(28,29)22(18-25)19-26-14-16-27(17-15-26)23(20-10-6-4-7-11-20)21-12-8-5-9-13-21/h4-13,19,23H,14-17H2,1-3H3. The van der Waals surface area contributed by atoms with Crippen LogP contribution < -0.4 is 0 Å². The molecule has 2 aromatic rings. The lowest BCUT2D eigenvalue weighted by Gasteiger charge is -2.39. The first kappa shape index (κ1) is 22.1. The van der Waals surface area contributed by atoms with Gasteiger partial charge >= 0.3 is 0 Å². The van der Waals surface area contributed by atoms with Gasteiger partial charge in [-0.15, -0.1) is 0 Å². The van der Waals surface area contributed by atoms with E-state index in [1.54, 1.807) is 20.8 Å². The second-order valence-electron chi connectivity index (χ2n) is 8.52. The zero-order valence-electron chi connectivity index (χ0n) is 17.8. The number of nitriles is 1. The smallest absolute Gasteiger partial charge is 0.194 e. The lowest BCUT2D eigenvalue weighted by Crippen LogP contribution is -2.46. The Bertz CT molecular complexity index is 972. The van der Waals surface area contributed by atoms with Crippen molar-refractivity contribution in [3.63, 3.8) is 0 Å². The average molecular weight is 424 g/mol. The average Bonchev–Trinajstić information content (AvgIpc) is 2.74. The van der Waals surface area contributed by atoms with E-state index in [1.165, 1.54) is 17.3 Å². The highest BCUT2D eigenvalue weighted by molar-refractivity contribution is 7.96. The Morgan fingerprint density at radius 3 is 1.80 bits per heavy atom. The third kappa shape index (κ3) is 4.75. The van der Waals surface area contributed by atoms with Crippen molar-refractivity contribution in [3.8, 4) is 6.07 Å². The van der Waals surface area contributed by atoms with Gasteiger partial charge < -0.3 is 4.90 Å². The number of sulfone groups is 1. The van der Waals surface area contributed by atoms with Crippen LogP contribution in [0.5, 0.6) is 0 Å². The Labute approximate surface area is 180 Å². The van der Waals surface area contributed by atoms with E-state index in [4.69, 9.17) is 0 Å². The second kappa shape index (κ2) is 9.03. The summed E-state index contributed by atoms with van der Waals surface area (Å²) in [5, 5.41) is 9.46. The molecule has 6 heteroatoms. The highest BCUT2D eigenvalue weighted by atomic mass is 32.2. The van der Waals surface area contributed by atoms with Crippen LogP contribution in [0.25, 0.3) is 0 Å². The molecule has 0 aromatic heterocycles. The van der Waals surface area contributed by atoms with Gasteiger partial charge in [-0.1, -0.05) is 60.7 Å². The van der Waals surface area contributed by atoms with E-state index in [0.29, 0.717) is 13.1 Å². The van der Waals surface area contributed by atoms with Crippen LogP contribution in [0.3, 0.4) is 0 Å². The SMILES string of the molecule is CC(C)(C)S(=O)(=O)C(C#N)=CN1CCN(C(c2ccccc2)c2ccccc2)CC1. The molecule has 0 bridgehead atoms. The highest BCUT2D eigenvalue weighted by Gasteiger charge is 2.34. The van der Waals surface area contributed by atoms with Gasteiger partial charge in [0.05, 0.1) is 10.8 Å². The molecule has 1 aliphatic heterocycles. The van der Waals surface area contributed by atoms with E-state index >= 15 is 0 Å². The molecule has 0 unspecified atom stereocenters. The van der Waals surface area contributed by atoms with Gasteiger partial charge in [0.15, 0.2) is 14.7 Å². The molecule has 0 amide bonds. The van der Waals surface area contributed by atoms with Crippen molar-refractivity contribution in [2.45, 2.75) is 31.6 Å². The van der Waals surface area contributed by atoms with E-state index in [-0.39, 0.29) is 10.9 Å². The summed E-state index contributed by atoms with van der Waals surface area (Å²) >= 11 is 0. The first-order chi connectivity index (χ1) is 14.2. The minimum absolute atomic E-state index is 0.146. The maximum Gasteiger partial charge on any atom is 0.194 e. The highest BCUT2D eigenvalue weighted by Crippen LogP contribution is 2.30. The van der Waals surface area contributed by atoms with Crippen molar-refractivity contribution in [3.05, 3.63) is 82.9 Å². The number of allylic oxidation sites excluding steroid dienone is 1. The normalized spacial score (nSPS) is 16.5. The predicted molar refractivity (Wildman–Crippen MR) is 120 cm³/mol. The Balaban J connectivity index is 1.80. The molecule has 2 aromatic carbocycles. The third-order valence-electron chi connectivity index (χ3n) is 5.45. The summed E-state index contributed by atoms with van der Waals surface area (Å²) in [4.78, 5) is 4.20. The van der Waals surface area contributed by atoms with E-state index in [9.17, 15) is 13.7 Å². The molecule has 0 aliphatic carbocycles. The summed E-state index contributed by atoms with van der Waals surface area (Å²) in [5.74, 6) is 0. The second-order valence-corrected chi connectivity index (χ2v) is 11.2. The summed E-state index contributed by atoms with van der Waals surface area (Å²) in [6, 6.07) is 22.9. The van der Waals surface area contributed by atoms with Crippen LogP contribution >= 0.6 is 0 Å². The van der Waals surface area contributed by atoms with Gasteiger partial charge in [0.25, 0.3) is 0 Å². The molecule has 1 heterocycles. The van der Waals surface area contributed by atoms with Crippen LogP contribution in [0, 0.1) is 11.3 Å². The Morgan fingerprint density at radius 2 is 1.40 bits per heavy atom. The number of hydrogen-bond donors (Lipinski definition) is 0. The number of rotatable bonds is 5. The van der Waals surface area contributed by atoms with E-state index < -0.39 is 14.6 Å². The quantitative estimate of drug-likeness (QED) is 0.681. The molecule has 1 fully saturated rings. The van der Waals surface area contributed by atoms with Crippen LogP contribution in [0.1, 0.15) is 37.9 Å². The van der Waals surface area contributed by atoms with Gasteiger partial charge in [-0.3, -0.25) is 4.90 Å². The Kier molecular flexibility index (Phi) is 6.64. The summed E-state index contributed by atoms with van der Waals surface area (Å²) in [6.45, 7) is 7.75. The fourth-order valence-electron chi connectivity index (χ4n) is 3.66. The summed E-state index contributed by atoms with van der Waals surface area (Å²) in [5.41, 5.74) is 2.47. The molecule has 1 aliphatic rings. The molecule has 0 atom stereocenters. The molecule has 5 nitrogen and oxygen atoms in total. The van der Waals surface area contributed by atoms with Crippen molar-refractivity contribution in [2.75, 3.05) is 26.2 Å². The molecule has 0 spiro atoms. The van der Waals surface area contributed by atoms with Crippen LogP contribution in [-0.2, 0) is 9.84 Å². The maximum absolute atomic E-state index is 12.7. The molecule has 1 saturated heterocycles. The molecule has 158 valence electrons. The van der Waals surface area contributed by atoms with Gasteiger partial charge in [0.1, 0.15) is 6.07 Å². The molecule has 0 saturated carbocycles. The molecule has 3 rings (SSSR count). The molecular weight excluding hydrogens is 394 g/mol. The van der Waals surface area contributed by atoms with Crippen LogP contribution in [-0.4, -0.2) is 49.1 Å². The molecule has 0 radical (unpaired) electrons. The van der Waals surface area contributed by atoms with Crippen LogP contribution in [0.15, 0.2) is 71.8 Å². The summed E-state index contributed by atoms with van der Waals surface area (Å²) in [7, 11) is -3.66. The first-order valence-electron chi connectivity index (χ1n) is 10.2. The van der Waals surface area contributed by atoms with Crippen LogP contribution in [0.2, 0.25) is 0 Å². The number of hydrogen-bond acceptors (Lipinski definition) is 5. The minimum atomic E-state index is -3.66. The lowest BCUT2D eigenvalue weighted by atomic mass is 9.96. The maximum atomic E-state index is 12.7.